The van der Waals surface area contributed by atoms with Crippen molar-refractivity contribution >= 4 is 109 Å². The first-order valence-corrected chi connectivity index (χ1v) is 19.9. The van der Waals surface area contributed by atoms with Gasteiger partial charge in [0, 0.05) is 34.6 Å². The molecule has 0 atom stereocenters. The van der Waals surface area contributed by atoms with E-state index in [0.717, 1.165) is 6.20 Å². The number of nitrogens with zero attached hydrogens (tertiary/aromatic N) is 4. The highest BCUT2D eigenvalue weighted by Crippen LogP contribution is 2.61. The summed E-state index contributed by atoms with van der Waals surface area (Å²) in [6.45, 7) is 5.98. The number of rotatable bonds is 7. The molecule has 0 aliphatic carbocycles. The van der Waals surface area contributed by atoms with Gasteiger partial charge in [-0.1, -0.05) is 52.5 Å². The molecule has 22 heteroatoms. The predicted octanol–water partition coefficient (Wildman–Crippen LogP) is 9.22. The number of esters is 3. The molecular formula is C30H28Cl7N4O10P. The van der Waals surface area contributed by atoms with Gasteiger partial charge in [0.15, 0.2) is 11.9 Å². The molecule has 0 spiro atoms. The normalized spacial score (nSPS) is 9.73. The Balaban J connectivity index is 0.000000643. The van der Waals surface area contributed by atoms with Crippen molar-refractivity contribution in [2.45, 2.75) is 20.8 Å². The number of aromatic carboxylic acids is 1. The molecule has 14 nitrogen and oxygen atoms in total. The van der Waals surface area contributed by atoms with Crippen molar-refractivity contribution < 1.29 is 47.8 Å². The van der Waals surface area contributed by atoms with Crippen LogP contribution in [0.25, 0.3) is 0 Å². The SMILES string of the molecule is CCOC(=O)c1cc(Cl)cc(Cl)n1.CCOC(=O)c1cc(Cl)cc[n+]1[O-].CCOC(=O)c1cc(Cl)ccn1.O=C(O)c1ccccn1.O=P(Cl)(Cl)Cl. The third kappa shape index (κ3) is 23.2. The van der Waals surface area contributed by atoms with Gasteiger partial charge in [0.2, 0.25) is 0 Å². The first-order valence-electron chi connectivity index (χ1n) is 14.0. The standard InChI is InChI=1S/C8H7Cl2NO2.C8H8ClNO3.C8H8ClNO2.C6H5NO2.Cl3OP/c1-2-13-8(12)6-3-5(9)4-7(10)11-6;1-2-13-8(11)7-5-6(9)3-4-10(7)12;1-2-12-8(11)7-5-6(9)3-4-10-7;8-6(9)5-3-1-2-4-7-5;1-5(2,3)4/h3-4H,2H2,1H3;3-5H,2H2,1H3;3-5H,2H2,1H3;1-4H,(H,8,9);. The summed E-state index contributed by atoms with van der Waals surface area (Å²) in [5.74, 6) is -2.62. The highest BCUT2D eigenvalue weighted by atomic mass is 36.0. The van der Waals surface area contributed by atoms with Gasteiger partial charge in [-0.15, -0.1) is 0 Å². The number of carboxylic acids is 1. The zero-order chi connectivity index (χ0) is 39.9. The van der Waals surface area contributed by atoms with Crippen LogP contribution in [0.2, 0.25) is 20.2 Å². The molecule has 0 unspecified atom stereocenters. The van der Waals surface area contributed by atoms with Crippen molar-refractivity contribution in [2.75, 3.05) is 19.8 Å². The average molecular weight is 884 g/mol. The lowest BCUT2D eigenvalue weighted by Crippen LogP contribution is -2.34. The Labute approximate surface area is 332 Å². The molecule has 0 aliphatic rings. The number of halogens is 7. The number of pyridine rings is 4. The average Bonchev–Trinajstić information content (AvgIpc) is 3.06. The number of ether oxygens (including phenoxy) is 3. The second kappa shape index (κ2) is 26.3. The first kappa shape index (κ1) is 48.5. The van der Waals surface area contributed by atoms with Gasteiger partial charge in [-0.3, -0.25) is 4.57 Å². The summed E-state index contributed by atoms with van der Waals surface area (Å²) < 4.78 is 24.0. The van der Waals surface area contributed by atoms with E-state index in [0.29, 0.717) is 33.0 Å². The van der Waals surface area contributed by atoms with Gasteiger partial charge in [-0.25, -0.2) is 34.1 Å². The molecule has 4 aromatic rings. The quantitative estimate of drug-likeness (QED) is 0.0461. The number of carboxylic acid groups (broad SMARTS) is 1. The van der Waals surface area contributed by atoms with Crippen LogP contribution in [-0.2, 0) is 18.8 Å². The van der Waals surface area contributed by atoms with Crippen LogP contribution in [0.4, 0.5) is 0 Å². The molecule has 0 aromatic carbocycles. The Hall–Kier alpha value is -3.46. The summed E-state index contributed by atoms with van der Waals surface area (Å²) in [6, 6.07) is 13.4. The molecule has 0 saturated carbocycles. The van der Waals surface area contributed by atoms with Crippen LogP contribution in [0, 0.1) is 5.21 Å². The van der Waals surface area contributed by atoms with E-state index in [4.69, 9.17) is 61.0 Å². The largest absolute Gasteiger partial charge is 0.618 e. The maximum Gasteiger partial charge on any atom is 0.405 e. The summed E-state index contributed by atoms with van der Waals surface area (Å²) in [6.07, 6.45) is 4.08. The van der Waals surface area contributed by atoms with Gasteiger partial charge in [0.1, 0.15) is 16.5 Å². The van der Waals surface area contributed by atoms with Crippen LogP contribution in [0.5, 0.6) is 0 Å². The molecule has 0 fully saturated rings. The molecule has 1 N–H and O–H groups in total. The molecule has 282 valence electrons. The topological polar surface area (TPSA) is 199 Å². The molecule has 0 bridgehead atoms. The minimum Gasteiger partial charge on any atom is -0.618 e. The van der Waals surface area contributed by atoms with Crippen LogP contribution in [0.15, 0.2) is 73.2 Å². The lowest BCUT2D eigenvalue weighted by molar-refractivity contribution is -0.608. The lowest BCUT2D eigenvalue weighted by atomic mass is 10.3. The Morgan fingerprint density at radius 3 is 1.67 bits per heavy atom. The van der Waals surface area contributed by atoms with E-state index in [1.54, 1.807) is 39.0 Å². The summed E-state index contributed by atoms with van der Waals surface area (Å²) in [7, 11) is 0. The van der Waals surface area contributed by atoms with E-state index in [-0.39, 0.29) is 34.5 Å². The molecule has 0 saturated heterocycles. The minimum atomic E-state index is -3.22. The predicted molar refractivity (Wildman–Crippen MR) is 198 cm³/mol. The highest BCUT2D eigenvalue weighted by Gasteiger charge is 2.17. The van der Waals surface area contributed by atoms with Crippen LogP contribution >= 0.6 is 85.3 Å². The van der Waals surface area contributed by atoms with Crippen LogP contribution in [0.3, 0.4) is 0 Å². The van der Waals surface area contributed by atoms with Crippen molar-refractivity contribution in [1.29, 1.82) is 0 Å². The third-order valence-electron chi connectivity index (χ3n) is 4.70. The number of carbonyl (C=O) groups is 4. The fourth-order valence-electron chi connectivity index (χ4n) is 2.80. The van der Waals surface area contributed by atoms with E-state index in [1.807, 2.05) is 0 Å². The molecule has 0 radical (unpaired) electrons. The van der Waals surface area contributed by atoms with Gasteiger partial charge >= 0.3 is 34.8 Å². The van der Waals surface area contributed by atoms with Gasteiger partial charge < -0.3 is 24.5 Å². The number of hydrogen-bond acceptors (Lipinski definition) is 12. The monoisotopic (exact) mass is 880 g/mol. The fraction of sp³-hybridized carbons (Fsp3) is 0.200. The first-order chi connectivity index (χ1) is 24.3. The molecule has 0 amide bonds. The molecule has 4 heterocycles. The summed E-state index contributed by atoms with van der Waals surface area (Å²) >= 11 is 36.3. The number of hydrogen-bond donors (Lipinski definition) is 1. The molecule has 4 aromatic heterocycles. The second-order valence-corrected chi connectivity index (χ2v) is 16.8. The fourth-order valence-corrected chi connectivity index (χ4v) is 3.59. The van der Waals surface area contributed by atoms with Crippen molar-refractivity contribution in [2.24, 2.45) is 0 Å². The second-order valence-electron chi connectivity index (χ2n) is 8.49. The van der Waals surface area contributed by atoms with E-state index in [2.05, 4.69) is 53.4 Å². The summed E-state index contributed by atoms with van der Waals surface area (Å²) in [5.41, 5.74) is 0.343. The summed E-state index contributed by atoms with van der Waals surface area (Å²) in [4.78, 5) is 54.6. The van der Waals surface area contributed by atoms with Gasteiger partial charge in [-0.2, -0.15) is 4.73 Å². The Morgan fingerprint density at radius 2 is 1.21 bits per heavy atom. The van der Waals surface area contributed by atoms with E-state index >= 15 is 0 Å². The molecule has 4 rings (SSSR count). The Bertz CT molecular complexity index is 1780. The number of aromatic nitrogens is 4. The zero-order valence-electron chi connectivity index (χ0n) is 27.1. The maximum atomic E-state index is 11.1. The lowest BCUT2D eigenvalue weighted by Gasteiger charge is -2.03. The molecular weight excluding hydrogens is 855 g/mol. The zero-order valence-corrected chi connectivity index (χ0v) is 33.2. The van der Waals surface area contributed by atoms with E-state index < -0.39 is 29.1 Å². The van der Waals surface area contributed by atoms with Crippen LogP contribution in [0.1, 0.15) is 62.7 Å². The highest BCUT2D eigenvalue weighted by molar-refractivity contribution is 8.24. The third-order valence-corrected chi connectivity index (χ3v) is 5.58. The van der Waals surface area contributed by atoms with Crippen molar-refractivity contribution in [3.8, 4) is 0 Å². The number of carbonyl (C=O) groups excluding carboxylic acids is 3. The summed E-state index contributed by atoms with van der Waals surface area (Å²) in [5, 5.41) is 17.5. The van der Waals surface area contributed by atoms with Crippen molar-refractivity contribution in [3.05, 3.63) is 121 Å². The maximum absolute atomic E-state index is 11.1. The smallest absolute Gasteiger partial charge is 0.405 e. The van der Waals surface area contributed by atoms with Gasteiger partial charge in [0.25, 0.3) is 0 Å². The van der Waals surface area contributed by atoms with Crippen LogP contribution in [-0.4, -0.2) is 63.8 Å². The van der Waals surface area contributed by atoms with Gasteiger partial charge in [0.05, 0.1) is 24.8 Å². The molecule has 52 heavy (non-hydrogen) atoms. The van der Waals surface area contributed by atoms with Gasteiger partial charge in [-0.05, 0) is 90.9 Å². The van der Waals surface area contributed by atoms with Crippen molar-refractivity contribution in [1.82, 2.24) is 15.0 Å². The Kier molecular flexibility index (Phi) is 24.6. The van der Waals surface area contributed by atoms with Crippen molar-refractivity contribution in [3.63, 3.8) is 0 Å². The Morgan fingerprint density at radius 1 is 0.712 bits per heavy atom. The van der Waals surface area contributed by atoms with E-state index in [1.165, 1.54) is 48.8 Å². The minimum absolute atomic E-state index is 0.0810. The van der Waals surface area contributed by atoms with Crippen LogP contribution < -0.4 is 4.73 Å². The van der Waals surface area contributed by atoms with E-state index in [9.17, 15) is 29.0 Å². The molecule has 0 aliphatic heterocycles.